The van der Waals surface area contributed by atoms with Crippen LogP contribution >= 0.6 is 0 Å². The van der Waals surface area contributed by atoms with E-state index < -0.39 is 0 Å². The Morgan fingerprint density at radius 1 is 0.684 bits per heavy atom. The number of rotatable bonds is 0. The Bertz CT molecular complexity index is 359. The quantitative estimate of drug-likeness (QED) is 0.515. The monoisotopic (exact) mass is 260 g/mol. The van der Waals surface area contributed by atoms with Crippen LogP contribution in [0.4, 0.5) is 0 Å². The highest BCUT2D eigenvalue weighted by atomic mass is 14.6. The van der Waals surface area contributed by atoms with Crippen molar-refractivity contribution in [3.05, 3.63) is 0 Å². The molecule has 4 fully saturated rings. The minimum Gasteiger partial charge on any atom is -0.0594 e. The minimum atomic E-state index is 0.741. The lowest BCUT2D eigenvalue weighted by molar-refractivity contribution is -0.103. The fraction of sp³-hybridized carbons (Fsp3) is 1.00. The summed E-state index contributed by atoms with van der Waals surface area (Å²) < 4.78 is 0. The van der Waals surface area contributed by atoms with E-state index in [-0.39, 0.29) is 0 Å². The zero-order valence-corrected chi connectivity index (χ0v) is 13.1. The first-order chi connectivity index (χ1) is 9.13. The Balaban J connectivity index is 1.64. The summed E-state index contributed by atoms with van der Waals surface area (Å²) in [6.07, 6.45) is 17.1. The van der Waals surface area contributed by atoms with Gasteiger partial charge < -0.3 is 0 Å². The van der Waals surface area contributed by atoms with E-state index in [1.807, 2.05) is 0 Å². The van der Waals surface area contributed by atoms with Gasteiger partial charge in [-0.15, -0.1) is 0 Å². The van der Waals surface area contributed by atoms with Crippen LogP contribution in [0.3, 0.4) is 0 Å². The molecule has 6 atom stereocenters. The average molecular weight is 260 g/mol. The van der Waals surface area contributed by atoms with Crippen molar-refractivity contribution in [3.8, 4) is 0 Å². The predicted molar refractivity (Wildman–Crippen MR) is 81.0 cm³/mol. The summed E-state index contributed by atoms with van der Waals surface area (Å²) in [4.78, 5) is 0. The van der Waals surface area contributed by atoms with Crippen molar-refractivity contribution in [2.75, 3.05) is 0 Å². The van der Waals surface area contributed by atoms with Gasteiger partial charge in [0.15, 0.2) is 0 Å². The van der Waals surface area contributed by atoms with Gasteiger partial charge in [-0.05, 0) is 85.9 Å². The normalized spacial score (nSPS) is 57.2. The van der Waals surface area contributed by atoms with E-state index in [2.05, 4.69) is 13.8 Å². The van der Waals surface area contributed by atoms with Crippen LogP contribution < -0.4 is 0 Å². The predicted octanol–water partition coefficient (Wildman–Crippen LogP) is 5.81. The molecular formula is C19H32. The van der Waals surface area contributed by atoms with Crippen LogP contribution in [-0.2, 0) is 0 Å². The van der Waals surface area contributed by atoms with Gasteiger partial charge in [-0.3, -0.25) is 0 Å². The SMILES string of the molecule is CC12CCC[C@H]1C1CC[C@H]3CCCCC3(C)[C@H]1CC2. The van der Waals surface area contributed by atoms with Crippen LogP contribution in [0.5, 0.6) is 0 Å². The Hall–Kier alpha value is 0. The van der Waals surface area contributed by atoms with Gasteiger partial charge in [0.1, 0.15) is 0 Å². The van der Waals surface area contributed by atoms with Gasteiger partial charge in [-0.1, -0.05) is 33.1 Å². The molecule has 0 aromatic heterocycles. The molecule has 0 N–H and O–H groups in total. The van der Waals surface area contributed by atoms with Crippen LogP contribution in [0.15, 0.2) is 0 Å². The van der Waals surface area contributed by atoms with Gasteiger partial charge >= 0.3 is 0 Å². The van der Waals surface area contributed by atoms with Gasteiger partial charge in [-0.25, -0.2) is 0 Å². The maximum absolute atomic E-state index is 2.70. The van der Waals surface area contributed by atoms with Crippen molar-refractivity contribution in [3.63, 3.8) is 0 Å². The molecule has 4 saturated carbocycles. The second-order valence-electron chi connectivity index (χ2n) is 8.99. The molecule has 0 aliphatic heterocycles. The highest BCUT2D eigenvalue weighted by Crippen LogP contribution is 2.66. The summed E-state index contributed by atoms with van der Waals surface area (Å²) in [5, 5.41) is 0. The van der Waals surface area contributed by atoms with Crippen molar-refractivity contribution in [1.82, 2.24) is 0 Å². The molecule has 0 spiro atoms. The third-order valence-electron chi connectivity index (χ3n) is 8.36. The molecule has 19 heavy (non-hydrogen) atoms. The van der Waals surface area contributed by atoms with Gasteiger partial charge in [0.25, 0.3) is 0 Å². The van der Waals surface area contributed by atoms with E-state index in [9.17, 15) is 0 Å². The number of fused-ring (bicyclic) bond motifs is 5. The molecular weight excluding hydrogens is 228 g/mol. The number of hydrogen-bond donors (Lipinski definition) is 0. The Labute approximate surface area is 119 Å². The van der Waals surface area contributed by atoms with Crippen molar-refractivity contribution in [2.45, 2.75) is 84.5 Å². The van der Waals surface area contributed by atoms with Crippen molar-refractivity contribution in [1.29, 1.82) is 0 Å². The summed E-state index contributed by atoms with van der Waals surface area (Å²) in [6.45, 7) is 5.33. The maximum Gasteiger partial charge on any atom is -0.0266 e. The van der Waals surface area contributed by atoms with E-state index in [4.69, 9.17) is 0 Å². The molecule has 108 valence electrons. The molecule has 4 aliphatic rings. The first kappa shape index (κ1) is 12.7. The van der Waals surface area contributed by atoms with Gasteiger partial charge in [-0.2, -0.15) is 0 Å². The van der Waals surface area contributed by atoms with Gasteiger partial charge in [0.05, 0.1) is 0 Å². The van der Waals surface area contributed by atoms with E-state index in [1.54, 1.807) is 51.4 Å². The molecule has 0 aromatic rings. The second kappa shape index (κ2) is 4.25. The van der Waals surface area contributed by atoms with Gasteiger partial charge in [0.2, 0.25) is 0 Å². The van der Waals surface area contributed by atoms with E-state index in [1.165, 1.54) is 19.3 Å². The van der Waals surface area contributed by atoms with E-state index >= 15 is 0 Å². The summed E-state index contributed by atoms with van der Waals surface area (Å²) in [7, 11) is 0. The molecule has 4 aliphatic carbocycles. The molecule has 4 rings (SSSR count). The zero-order chi connectivity index (χ0) is 13.1. The highest BCUT2D eigenvalue weighted by molar-refractivity contribution is 5.06. The number of hydrogen-bond acceptors (Lipinski definition) is 0. The maximum atomic E-state index is 2.70. The fourth-order valence-electron chi connectivity index (χ4n) is 7.29. The van der Waals surface area contributed by atoms with Crippen molar-refractivity contribution in [2.24, 2.45) is 34.5 Å². The highest BCUT2D eigenvalue weighted by Gasteiger charge is 2.56. The molecule has 0 saturated heterocycles. The second-order valence-corrected chi connectivity index (χ2v) is 8.99. The summed E-state index contributed by atoms with van der Waals surface area (Å²) >= 11 is 0. The largest absolute Gasteiger partial charge is 0.0594 e. The van der Waals surface area contributed by atoms with Crippen LogP contribution in [-0.4, -0.2) is 0 Å². The third kappa shape index (κ3) is 1.70. The summed E-state index contributed by atoms with van der Waals surface area (Å²) in [5.41, 5.74) is 1.49. The lowest BCUT2D eigenvalue weighted by Gasteiger charge is -2.60. The topological polar surface area (TPSA) is 0 Å². The first-order valence-electron chi connectivity index (χ1n) is 9.13. The average Bonchev–Trinajstić information content (AvgIpc) is 2.79. The lowest BCUT2D eigenvalue weighted by Crippen LogP contribution is -2.51. The van der Waals surface area contributed by atoms with Crippen LogP contribution in [0.1, 0.15) is 84.5 Å². The molecule has 0 radical (unpaired) electrons. The van der Waals surface area contributed by atoms with Crippen LogP contribution in [0, 0.1) is 34.5 Å². The first-order valence-corrected chi connectivity index (χ1v) is 9.13. The minimum absolute atomic E-state index is 0.741. The lowest BCUT2D eigenvalue weighted by atomic mass is 9.45. The van der Waals surface area contributed by atoms with Crippen molar-refractivity contribution >= 4 is 0 Å². The molecule has 0 heterocycles. The Kier molecular flexibility index (Phi) is 2.84. The molecule has 0 nitrogen and oxygen atoms in total. The van der Waals surface area contributed by atoms with Crippen LogP contribution in [0.2, 0.25) is 0 Å². The molecule has 0 heteroatoms. The van der Waals surface area contributed by atoms with Crippen molar-refractivity contribution < 1.29 is 0 Å². The zero-order valence-electron chi connectivity index (χ0n) is 13.1. The summed E-state index contributed by atoms with van der Waals surface area (Å²) in [5.74, 6) is 4.41. The van der Waals surface area contributed by atoms with E-state index in [0.717, 1.165) is 34.5 Å². The third-order valence-corrected chi connectivity index (χ3v) is 8.36. The molecule has 0 bridgehead atoms. The van der Waals surface area contributed by atoms with E-state index in [0.29, 0.717) is 0 Å². The molecule has 3 unspecified atom stereocenters. The Morgan fingerprint density at radius 3 is 2.47 bits per heavy atom. The fourth-order valence-corrected chi connectivity index (χ4v) is 7.29. The Morgan fingerprint density at radius 2 is 1.58 bits per heavy atom. The standard InChI is InChI=1S/C19H32/c1-18-11-5-7-16(18)15-9-8-14-6-3-4-12-19(14,2)17(15)10-13-18/h14-17H,3-13H2,1-2H3/t14-,15?,16+,17+,18?,19?/m1/s1. The molecule has 0 aromatic carbocycles. The smallest absolute Gasteiger partial charge is 0.0266 e. The van der Waals surface area contributed by atoms with Crippen LogP contribution in [0.25, 0.3) is 0 Å². The summed E-state index contributed by atoms with van der Waals surface area (Å²) in [6, 6.07) is 0. The van der Waals surface area contributed by atoms with Gasteiger partial charge in [0, 0.05) is 0 Å². The molecule has 0 amide bonds.